The van der Waals surface area contributed by atoms with E-state index in [4.69, 9.17) is 5.11 Å². The van der Waals surface area contributed by atoms with Crippen molar-refractivity contribution in [3.63, 3.8) is 0 Å². The molecule has 1 N–H and O–H groups in total. The fourth-order valence-corrected chi connectivity index (χ4v) is 2.25. The Kier molecular flexibility index (Phi) is 5.47. The van der Waals surface area contributed by atoms with Crippen LogP contribution in [0.5, 0.6) is 0 Å². The van der Waals surface area contributed by atoms with Gasteiger partial charge in [-0.2, -0.15) is 0 Å². The molecule has 0 heterocycles. The molecule has 0 atom stereocenters. The lowest BCUT2D eigenvalue weighted by molar-refractivity contribution is -0.113. The van der Waals surface area contributed by atoms with E-state index >= 15 is 0 Å². The number of benzene rings is 2. The van der Waals surface area contributed by atoms with Crippen molar-refractivity contribution < 1.29 is 14.7 Å². The van der Waals surface area contributed by atoms with Crippen LogP contribution in [0.3, 0.4) is 0 Å². The van der Waals surface area contributed by atoms with E-state index in [0.717, 1.165) is 5.56 Å². The summed E-state index contributed by atoms with van der Waals surface area (Å²) in [5, 5.41) is 8.95. The van der Waals surface area contributed by atoms with Gasteiger partial charge in [-0.1, -0.05) is 56.3 Å². The molecule has 2 rings (SSSR count). The number of ketones is 1. The highest BCUT2D eigenvalue weighted by Gasteiger charge is 2.04. The van der Waals surface area contributed by atoms with Gasteiger partial charge in [0.1, 0.15) is 0 Å². The number of carbonyl (C=O) groups is 2. The van der Waals surface area contributed by atoms with Crippen molar-refractivity contribution in [2.45, 2.75) is 26.2 Å². The van der Waals surface area contributed by atoms with Crippen molar-refractivity contribution in [3.8, 4) is 0 Å². The van der Waals surface area contributed by atoms with Crippen LogP contribution in [0.2, 0.25) is 0 Å². The van der Waals surface area contributed by atoms with E-state index in [9.17, 15) is 9.59 Å². The van der Waals surface area contributed by atoms with Gasteiger partial charge < -0.3 is 5.11 Å². The largest absolute Gasteiger partial charge is 0.478 e. The van der Waals surface area contributed by atoms with Gasteiger partial charge in [-0.15, -0.1) is 0 Å². The van der Waals surface area contributed by atoms with Gasteiger partial charge in [-0.25, -0.2) is 4.79 Å². The minimum absolute atomic E-state index is 0.0111. The SMILES string of the molecule is CC(C)c1ccc(CC(=O)C=Cc2cccc(C(=O)O)c2)cc1. The molecule has 0 aromatic heterocycles. The lowest BCUT2D eigenvalue weighted by atomic mass is 10.00. The van der Waals surface area contributed by atoms with Gasteiger partial charge in [-0.3, -0.25) is 4.79 Å². The molecule has 0 fully saturated rings. The molecule has 0 radical (unpaired) electrons. The summed E-state index contributed by atoms with van der Waals surface area (Å²) in [5.41, 5.74) is 3.14. The minimum atomic E-state index is -0.975. The molecule has 0 aliphatic carbocycles. The van der Waals surface area contributed by atoms with Crippen LogP contribution < -0.4 is 0 Å². The van der Waals surface area contributed by atoms with Gasteiger partial charge in [0.2, 0.25) is 0 Å². The second-order valence-electron chi connectivity index (χ2n) is 5.80. The molecule has 0 unspecified atom stereocenters. The maximum Gasteiger partial charge on any atom is 0.335 e. The highest BCUT2D eigenvalue weighted by atomic mass is 16.4. The quantitative estimate of drug-likeness (QED) is 0.808. The molecule has 3 nitrogen and oxygen atoms in total. The van der Waals surface area contributed by atoms with E-state index in [-0.39, 0.29) is 11.3 Å². The molecule has 2 aromatic carbocycles. The molecule has 0 saturated heterocycles. The van der Waals surface area contributed by atoms with Crippen molar-refractivity contribution in [1.82, 2.24) is 0 Å². The van der Waals surface area contributed by atoms with Crippen LogP contribution in [-0.4, -0.2) is 16.9 Å². The fraction of sp³-hybridized carbons (Fsp3) is 0.200. The molecule has 3 heteroatoms. The van der Waals surface area contributed by atoms with Gasteiger partial charge in [0.05, 0.1) is 5.56 Å². The maximum atomic E-state index is 12.0. The van der Waals surface area contributed by atoms with E-state index < -0.39 is 5.97 Å². The predicted molar refractivity (Wildman–Crippen MR) is 91.7 cm³/mol. The normalized spacial score (nSPS) is 11.1. The number of aromatic carboxylic acids is 1. The third-order valence-electron chi connectivity index (χ3n) is 3.62. The number of hydrogen-bond acceptors (Lipinski definition) is 2. The van der Waals surface area contributed by atoms with Crippen LogP contribution in [0.1, 0.15) is 46.8 Å². The maximum absolute atomic E-state index is 12.0. The highest BCUT2D eigenvalue weighted by molar-refractivity contribution is 5.95. The first-order valence-corrected chi connectivity index (χ1v) is 7.59. The lowest BCUT2D eigenvalue weighted by Gasteiger charge is -2.05. The third kappa shape index (κ3) is 4.92. The Hall–Kier alpha value is -2.68. The Balaban J connectivity index is 2.01. The number of carboxylic acid groups (broad SMARTS) is 1. The fourth-order valence-electron chi connectivity index (χ4n) is 2.25. The number of allylic oxidation sites excluding steroid dienone is 1. The van der Waals surface area contributed by atoms with Crippen LogP contribution in [0.4, 0.5) is 0 Å². The first kappa shape index (κ1) is 16.7. The van der Waals surface area contributed by atoms with Crippen LogP contribution in [0, 0.1) is 0 Å². The van der Waals surface area contributed by atoms with E-state index in [2.05, 4.69) is 13.8 Å². The summed E-state index contributed by atoms with van der Waals surface area (Å²) in [4.78, 5) is 22.9. The molecular formula is C20H20O3. The molecule has 118 valence electrons. The van der Waals surface area contributed by atoms with Gasteiger partial charge >= 0.3 is 5.97 Å². The zero-order chi connectivity index (χ0) is 16.8. The molecule has 0 aliphatic rings. The molecule has 0 spiro atoms. The molecular weight excluding hydrogens is 288 g/mol. The second-order valence-corrected chi connectivity index (χ2v) is 5.80. The van der Waals surface area contributed by atoms with Crippen molar-refractivity contribution >= 4 is 17.8 Å². The summed E-state index contributed by atoms with van der Waals surface area (Å²) >= 11 is 0. The van der Waals surface area contributed by atoms with Gasteiger partial charge in [-0.05, 0) is 40.8 Å². The Bertz CT molecular complexity index is 725. The van der Waals surface area contributed by atoms with Crippen molar-refractivity contribution in [2.75, 3.05) is 0 Å². The summed E-state index contributed by atoms with van der Waals surface area (Å²) in [6, 6.07) is 14.6. The molecule has 0 aliphatic heterocycles. The molecule has 0 bridgehead atoms. The summed E-state index contributed by atoms with van der Waals surface area (Å²) in [6.07, 6.45) is 3.49. The standard InChI is InChI=1S/C20H20O3/c1-14(2)17-9-6-16(7-10-17)13-19(21)11-8-15-4-3-5-18(12-15)20(22)23/h3-12,14H,13H2,1-2H3,(H,22,23). The van der Waals surface area contributed by atoms with Crippen LogP contribution in [0.25, 0.3) is 6.08 Å². The summed E-state index contributed by atoms with van der Waals surface area (Å²) < 4.78 is 0. The zero-order valence-corrected chi connectivity index (χ0v) is 13.3. The second kappa shape index (κ2) is 7.54. The highest BCUT2D eigenvalue weighted by Crippen LogP contribution is 2.15. The van der Waals surface area contributed by atoms with Crippen LogP contribution >= 0.6 is 0 Å². The molecule has 0 saturated carbocycles. The Labute approximate surface area is 136 Å². The average Bonchev–Trinajstić information content (AvgIpc) is 2.53. The molecule has 23 heavy (non-hydrogen) atoms. The summed E-state index contributed by atoms with van der Waals surface area (Å²) in [6.45, 7) is 4.27. The summed E-state index contributed by atoms with van der Waals surface area (Å²) in [7, 11) is 0. The van der Waals surface area contributed by atoms with Crippen molar-refractivity contribution in [2.24, 2.45) is 0 Å². The molecule has 0 amide bonds. The number of carboxylic acids is 1. The van der Waals surface area contributed by atoms with E-state index in [1.54, 1.807) is 24.3 Å². The molecule has 2 aromatic rings. The Morgan fingerprint density at radius 2 is 1.78 bits per heavy atom. The minimum Gasteiger partial charge on any atom is -0.478 e. The van der Waals surface area contributed by atoms with Crippen LogP contribution in [-0.2, 0) is 11.2 Å². The van der Waals surface area contributed by atoms with Crippen LogP contribution in [0.15, 0.2) is 54.6 Å². The topological polar surface area (TPSA) is 54.4 Å². The predicted octanol–water partition coefficient (Wildman–Crippen LogP) is 4.33. The average molecular weight is 308 g/mol. The first-order chi connectivity index (χ1) is 11.0. The monoisotopic (exact) mass is 308 g/mol. The third-order valence-corrected chi connectivity index (χ3v) is 3.62. The van der Waals surface area contributed by atoms with Crippen molar-refractivity contribution in [1.29, 1.82) is 0 Å². The number of carbonyl (C=O) groups excluding carboxylic acids is 1. The first-order valence-electron chi connectivity index (χ1n) is 7.59. The number of hydrogen-bond donors (Lipinski definition) is 1. The van der Waals surface area contributed by atoms with E-state index in [1.165, 1.54) is 17.7 Å². The smallest absolute Gasteiger partial charge is 0.335 e. The lowest BCUT2D eigenvalue weighted by Crippen LogP contribution is -1.99. The Morgan fingerprint density at radius 1 is 1.09 bits per heavy atom. The summed E-state index contributed by atoms with van der Waals surface area (Å²) in [5.74, 6) is -0.513. The Morgan fingerprint density at radius 3 is 2.39 bits per heavy atom. The van der Waals surface area contributed by atoms with Gasteiger partial charge in [0.15, 0.2) is 5.78 Å². The van der Waals surface area contributed by atoms with E-state index in [0.29, 0.717) is 17.9 Å². The number of rotatable bonds is 6. The zero-order valence-electron chi connectivity index (χ0n) is 13.3. The van der Waals surface area contributed by atoms with Gasteiger partial charge in [0, 0.05) is 6.42 Å². The van der Waals surface area contributed by atoms with E-state index in [1.807, 2.05) is 24.3 Å². The van der Waals surface area contributed by atoms with Crippen molar-refractivity contribution in [3.05, 3.63) is 76.9 Å². The van der Waals surface area contributed by atoms with Gasteiger partial charge in [0.25, 0.3) is 0 Å².